The fourth-order valence-electron chi connectivity index (χ4n) is 3.36. The van der Waals surface area contributed by atoms with Crippen molar-refractivity contribution in [2.75, 3.05) is 0 Å². The number of hydrogen-bond acceptors (Lipinski definition) is 3. The molecule has 28 heavy (non-hydrogen) atoms. The first kappa shape index (κ1) is 16.8. The molecule has 0 spiro atoms. The van der Waals surface area contributed by atoms with Gasteiger partial charge >= 0.3 is 0 Å². The zero-order chi connectivity index (χ0) is 18.9. The largest absolute Gasteiger partial charge is 0.300 e. The van der Waals surface area contributed by atoms with E-state index < -0.39 is 0 Å². The van der Waals surface area contributed by atoms with Crippen LogP contribution in [0, 0.1) is 0 Å². The van der Waals surface area contributed by atoms with E-state index in [1.54, 1.807) is 0 Å². The molecule has 134 valence electrons. The molecule has 3 nitrogen and oxygen atoms in total. The summed E-state index contributed by atoms with van der Waals surface area (Å²) < 4.78 is 0. The Morgan fingerprint density at radius 1 is 0.786 bits per heavy atom. The summed E-state index contributed by atoms with van der Waals surface area (Å²) in [4.78, 5) is 17.7. The summed E-state index contributed by atoms with van der Waals surface area (Å²) in [6.45, 7) is 0. The van der Waals surface area contributed by atoms with Crippen molar-refractivity contribution in [2.24, 2.45) is 4.99 Å². The van der Waals surface area contributed by atoms with Crippen LogP contribution in [0.5, 0.6) is 0 Å². The molecule has 0 atom stereocenters. The van der Waals surface area contributed by atoms with E-state index in [-0.39, 0.29) is 5.91 Å². The van der Waals surface area contributed by atoms with Crippen molar-refractivity contribution >= 4 is 56.1 Å². The summed E-state index contributed by atoms with van der Waals surface area (Å²) in [6, 6.07) is 28.5. The molecular formula is C24H16N2OS. The number of benzene rings is 4. The van der Waals surface area contributed by atoms with E-state index >= 15 is 0 Å². The van der Waals surface area contributed by atoms with Crippen LogP contribution in [0.15, 0.2) is 94.8 Å². The third kappa shape index (κ3) is 3.19. The Labute approximate surface area is 166 Å². The van der Waals surface area contributed by atoms with Gasteiger partial charge in [0.05, 0.1) is 10.6 Å². The van der Waals surface area contributed by atoms with Crippen LogP contribution in [0.3, 0.4) is 0 Å². The average Bonchev–Trinajstić information content (AvgIpc) is 3.07. The summed E-state index contributed by atoms with van der Waals surface area (Å²) in [5, 5.41) is 8.07. The van der Waals surface area contributed by atoms with Crippen molar-refractivity contribution < 1.29 is 4.79 Å². The molecule has 4 aromatic rings. The van der Waals surface area contributed by atoms with Crippen LogP contribution < -0.4 is 5.32 Å². The van der Waals surface area contributed by atoms with Crippen molar-refractivity contribution in [3.8, 4) is 0 Å². The molecule has 1 aliphatic rings. The molecule has 0 aliphatic carbocycles. The lowest BCUT2D eigenvalue weighted by Gasteiger charge is -2.02. The van der Waals surface area contributed by atoms with E-state index in [1.165, 1.54) is 17.1 Å². The number of rotatable bonds is 2. The maximum Gasteiger partial charge on any atom is 0.264 e. The van der Waals surface area contributed by atoms with E-state index in [1.807, 2.05) is 60.7 Å². The molecule has 4 heteroatoms. The van der Waals surface area contributed by atoms with Gasteiger partial charge in [-0.3, -0.25) is 4.79 Å². The van der Waals surface area contributed by atoms with E-state index in [9.17, 15) is 4.79 Å². The van der Waals surface area contributed by atoms with Gasteiger partial charge in [-0.15, -0.1) is 0 Å². The normalized spacial score (nSPS) is 16.9. The summed E-state index contributed by atoms with van der Waals surface area (Å²) in [5.41, 5.74) is 1.86. The molecule has 1 saturated heterocycles. The minimum Gasteiger partial charge on any atom is -0.300 e. The van der Waals surface area contributed by atoms with Gasteiger partial charge in [0.15, 0.2) is 5.17 Å². The van der Waals surface area contributed by atoms with Gasteiger partial charge in [0, 0.05) is 0 Å². The number of aliphatic imine (C=N–C) groups is 1. The van der Waals surface area contributed by atoms with Crippen molar-refractivity contribution in [3.63, 3.8) is 0 Å². The molecule has 0 bridgehead atoms. The third-order valence-corrected chi connectivity index (χ3v) is 5.63. The minimum absolute atomic E-state index is 0.113. The summed E-state index contributed by atoms with van der Waals surface area (Å²) >= 11 is 1.37. The molecule has 4 aromatic carbocycles. The minimum atomic E-state index is -0.113. The highest BCUT2D eigenvalue weighted by Crippen LogP contribution is 2.30. The van der Waals surface area contributed by atoms with Crippen molar-refractivity contribution in [3.05, 3.63) is 95.4 Å². The molecule has 1 aliphatic heterocycles. The molecule has 0 radical (unpaired) electrons. The van der Waals surface area contributed by atoms with Crippen LogP contribution in [0.2, 0.25) is 0 Å². The van der Waals surface area contributed by atoms with Gasteiger partial charge in [-0.25, -0.2) is 4.99 Å². The molecular weight excluding hydrogens is 364 g/mol. The number of amides is 1. The van der Waals surface area contributed by atoms with E-state index in [4.69, 9.17) is 0 Å². The number of nitrogens with one attached hydrogen (secondary N) is 1. The van der Waals surface area contributed by atoms with Gasteiger partial charge < -0.3 is 5.32 Å². The van der Waals surface area contributed by atoms with E-state index in [0.29, 0.717) is 10.1 Å². The zero-order valence-corrected chi connectivity index (χ0v) is 15.7. The van der Waals surface area contributed by atoms with Crippen LogP contribution in [-0.2, 0) is 4.79 Å². The highest BCUT2D eigenvalue weighted by atomic mass is 32.2. The van der Waals surface area contributed by atoms with Crippen LogP contribution in [0.25, 0.3) is 27.6 Å². The second kappa shape index (κ2) is 6.98. The van der Waals surface area contributed by atoms with Gasteiger partial charge in [0.2, 0.25) is 0 Å². The number of hydrogen-bond donors (Lipinski definition) is 1. The van der Waals surface area contributed by atoms with Crippen molar-refractivity contribution in [1.29, 1.82) is 0 Å². The highest BCUT2D eigenvalue weighted by molar-refractivity contribution is 8.18. The predicted molar refractivity (Wildman–Crippen MR) is 119 cm³/mol. The number of carbonyl (C=O) groups excluding carboxylic acids is 1. The lowest BCUT2D eigenvalue weighted by atomic mass is 10.0. The number of fused-ring (bicyclic) bond motifs is 2. The fourth-order valence-corrected chi connectivity index (χ4v) is 4.19. The predicted octanol–water partition coefficient (Wildman–Crippen LogP) is 5.88. The first-order chi connectivity index (χ1) is 13.8. The molecule has 1 fully saturated rings. The monoisotopic (exact) mass is 380 g/mol. The number of carbonyl (C=O) groups is 1. The van der Waals surface area contributed by atoms with Gasteiger partial charge in [-0.2, -0.15) is 0 Å². The lowest BCUT2D eigenvalue weighted by Crippen LogP contribution is -2.19. The molecule has 0 aromatic heterocycles. The Morgan fingerprint density at radius 3 is 2.43 bits per heavy atom. The molecule has 1 N–H and O–H groups in total. The summed E-state index contributed by atoms with van der Waals surface area (Å²) in [5.74, 6) is -0.113. The SMILES string of the molecule is O=C1NC(=Nc2ccc3ccccc3c2)S/C1=C\c1cccc2ccccc12. The Bertz CT molecular complexity index is 1280. The van der Waals surface area contributed by atoms with Gasteiger partial charge in [0.1, 0.15) is 0 Å². The van der Waals surface area contributed by atoms with E-state index in [0.717, 1.165) is 27.4 Å². The summed E-state index contributed by atoms with van der Waals surface area (Å²) in [6.07, 6.45) is 1.94. The Balaban J connectivity index is 1.47. The Kier molecular flexibility index (Phi) is 4.18. The van der Waals surface area contributed by atoms with Crippen LogP contribution in [0.1, 0.15) is 5.56 Å². The Morgan fingerprint density at radius 2 is 1.54 bits per heavy atom. The summed E-state index contributed by atoms with van der Waals surface area (Å²) in [7, 11) is 0. The number of nitrogens with zero attached hydrogens (tertiary/aromatic N) is 1. The molecule has 0 saturated carbocycles. The average molecular weight is 380 g/mol. The molecule has 1 heterocycles. The quantitative estimate of drug-likeness (QED) is 0.441. The zero-order valence-electron chi connectivity index (χ0n) is 14.9. The number of thioether (sulfide) groups is 1. The smallest absolute Gasteiger partial charge is 0.264 e. The fraction of sp³-hybridized carbons (Fsp3) is 0. The highest BCUT2D eigenvalue weighted by Gasteiger charge is 2.24. The van der Waals surface area contributed by atoms with Gasteiger partial charge in [-0.1, -0.05) is 72.8 Å². The lowest BCUT2D eigenvalue weighted by molar-refractivity contribution is -0.115. The maximum atomic E-state index is 12.4. The van der Waals surface area contributed by atoms with E-state index in [2.05, 4.69) is 40.6 Å². The van der Waals surface area contributed by atoms with Crippen LogP contribution in [0.4, 0.5) is 5.69 Å². The first-order valence-electron chi connectivity index (χ1n) is 9.02. The molecule has 5 rings (SSSR count). The van der Waals surface area contributed by atoms with Crippen molar-refractivity contribution in [1.82, 2.24) is 5.32 Å². The Hall–Kier alpha value is -3.37. The molecule has 1 amide bonds. The van der Waals surface area contributed by atoms with Crippen LogP contribution >= 0.6 is 11.8 Å². The number of amidine groups is 1. The second-order valence-corrected chi connectivity index (χ2v) is 7.61. The first-order valence-corrected chi connectivity index (χ1v) is 9.84. The molecule has 0 unspecified atom stereocenters. The van der Waals surface area contributed by atoms with Gasteiger partial charge in [-0.05, 0) is 57.1 Å². The third-order valence-electron chi connectivity index (χ3n) is 4.72. The second-order valence-electron chi connectivity index (χ2n) is 6.58. The standard InChI is InChI=1S/C24H16N2OS/c27-23-22(15-19-10-5-9-17-7-3-4-11-21(17)19)28-24(26-23)25-20-13-12-16-6-1-2-8-18(16)14-20/h1-15H,(H,25,26,27)/b22-15-. The topological polar surface area (TPSA) is 41.5 Å². The van der Waals surface area contributed by atoms with Gasteiger partial charge in [0.25, 0.3) is 5.91 Å². The van der Waals surface area contributed by atoms with Crippen LogP contribution in [-0.4, -0.2) is 11.1 Å². The maximum absolute atomic E-state index is 12.4. The van der Waals surface area contributed by atoms with Crippen molar-refractivity contribution in [2.45, 2.75) is 0 Å².